The van der Waals surface area contributed by atoms with Crippen molar-refractivity contribution >= 4 is 24.2 Å². The van der Waals surface area contributed by atoms with Gasteiger partial charge in [0.25, 0.3) is 4.84 Å². The molecule has 6 heteroatoms. The van der Waals surface area contributed by atoms with E-state index in [9.17, 15) is 0 Å². The number of aromatic nitrogens is 2. The van der Waals surface area contributed by atoms with Crippen LogP contribution in [0.3, 0.4) is 0 Å². The van der Waals surface area contributed by atoms with E-state index < -0.39 is 0 Å². The van der Waals surface area contributed by atoms with E-state index in [1.54, 1.807) is 0 Å². The summed E-state index contributed by atoms with van der Waals surface area (Å²) >= 11 is 6.67. The molecule has 18 heavy (non-hydrogen) atoms. The summed E-state index contributed by atoms with van der Waals surface area (Å²) in [5.74, 6) is 0.540. The Hall–Kier alpha value is -1.11. The van der Waals surface area contributed by atoms with Crippen molar-refractivity contribution in [2.45, 2.75) is 17.7 Å². The van der Waals surface area contributed by atoms with Gasteiger partial charge in [-0.1, -0.05) is 0 Å². The second kappa shape index (κ2) is 5.26. The van der Waals surface area contributed by atoms with Gasteiger partial charge in [0.15, 0.2) is 0 Å². The summed E-state index contributed by atoms with van der Waals surface area (Å²) in [7, 11) is 0. The number of hydrogen-bond acceptors (Lipinski definition) is 5. The highest BCUT2D eigenvalue weighted by Crippen LogP contribution is 2.28. The van der Waals surface area contributed by atoms with Crippen LogP contribution >= 0.6 is 24.2 Å². The van der Waals surface area contributed by atoms with Gasteiger partial charge in [0.1, 0.15) is 0 Å². The molecular formula is C12H13N3OS2. The lowest BCUT2D eigenvalue weighted by Crippen LogP contribution is -2.08. The Balaban J connectivity index is 1.74. The van der Waals surface area contributed by atoms with Crippen molar-refractivity contribution in [3.63, 3.8) is 0 Å². The molecule has 0 aliphatic carbocycles. The number of nitrogens with one attached hydrogen (secondary N) is 1. The molecule has 1 aliphatic rings. The first kappa shape index (κ1) is 12.0. The molecule has 4 nitrogen and oxygen atoms in total. The molecule has 0 amide bonds. The Morgan fingerprint density at radius 2 is 1.94 bits per heavy atom. The van der Waals surface area contributed by atoms with Crippen molar-refractivity contribution in [3.05, 3.63) is 29.1 Å². The van der Waals surface area contributed by atoms with Crippen molar-refractivity contribution in [1.82, 2.24) is 14.5 Å². The zero-order valence-corrected chi connectivity index (χ0v) is 11.4. The molecule has 2 heterocycles. The molecule has 1 aromatic heterocycles. The second-order valence-corrected chi connectivity index (χ2v) is 5.71. The zero-order valence-electron chi connectivity index (χ0n) is 9.76. The zero-order chi connectivity index (χ0) is 12.4. The Kier molecular flexibility index (Phi) is 3.49. The summed E-state index contributed by atoms with van der Waals surface area (Å²) in [6.45, 7) is 2.36. The normalized spacial score (nSPS) is 16.2. The van der Waals surface area contributed by atoms with Gasteiger partial charge < -0.3 is 4.42 Å². The number of hydrogen-bond donors (Lipinski definition) is 1. The molecule has 0 unspecified atom stereocenters. The number of H-pyrrole nitrogens is 1. The second-order valence-electron chi connectivity index (χ2n) is 4.17. The minimum atomic E-state index is 0.306. The van der Waals surface area contributed by atoms with E-state index in [0.717, 1.165) is 5.56 Å². The maximum atomic E-state index is 5.27. The Morgan fingerprint density at radius 3 is 2.56 bits per heavy atom. The van der Waals surface area contributed by atoms with Gasteiger partial charge in [0, 0.05) is 23.5 Å². The highest BCUT2D eigenvalue weighted by atomic mass is 32.2. The molecule has 0 atom stereocenters. The summed E-state index contributed by atoms with van der Waals surface area (Å²) in [5.41, 5.74) is 0.938. The van der Waals surface area contributed by atoms with Crippen LogP contribution in [0.1, 0.15) is 12.8 Å². The molecule has 0 radical (unpaired) electrons. The van der Waals surface area contributed by atoms with Crippen LogP contribution in [0.2, 0.25) is 0 Å². The topological polar surface area (TPSA) is 45.1 Å². The van der Waals surface area contributed by atoms with Crippen LogP contribution in [0.15, 0.2) is 33.6 Å². The average molecular weight is 279 g/mol. The van der Waals surface area contributed by atoms with Crippen molar-refractivity contribution in [2.75, 3.05) is 13.1 Å². The molecule has 0 spiro atoms. The summed E-state index contributed by atoms with van der Waals surface area (Å²) < 4.78 is 7.67. The van der Waals surface area contributed by atoms with Gasteiger partial charge in [0.05, 0.1) is 0 Å². The molecule has 1 aromatic carbocycles. The first-order valence-corrected chi connectivity index (χ1v) is 7.08. The van der Waals surface area contributed by atoms with E-state index in [0.29, 0.717) is 10.7 Å². The van der Waals surface area contributed by atoms with Gasteiger partial charge in [-0.3, -0.25) is 0 Å². The predicted molar refractivity (Wildman–Crippen MR) is 73.8 cm³/mol. The summed E-state index contributed by atoms with van der Waals surface area (Å²) in [6, 6.07) is 8.19. The van der Waals surface area contributed by atoms with E-state index in [1.807, 2.05) is 24.1 Å². The van der Waals surface area contributed by atoms with Crippen LogP contribution in [-0.4, -0.2) is 27.6 Å². The van der Waals surface area contributed by atoms with Crippen LogP contribution in [0.25, 0.3) is 11.5 Å². The van der Waals surface area contributed by atoms with Crippen LogP contribution in [0, 0.1) is 4.84 Å². The van der Waals surface area contributed by atoms with Crippen LogP contribution < -0.4 is 0 Å². The quantitative estimate of drug-likeness (QED) is 0.688. The smallest absolute Gasteiger partial charge is 0.284 e. The van der Waals surface area contributed by atoms with Gasteiger partial charge in [-0.2, -0.15) is 0 Å². The van der Waals surface area contributed by atoms with Crippen LogP contribution in [0.4, 0.5) is 0 Å². The third kappa shape index (κ3) is 2.66. The lowest BCUT2D eigenvalue weighted by Gasteiger charge is -2.12. The van der Waals surface area contributed by atoms with E-state index in [4.69, 9.17) is 16.6 Å². The minimum Gasteiger partial charge on any atom is -0.409 e. The van der Waals surface area contributed by atoms with E-state index in [2.05, 4.69) is 26.6 Å². The number of rotatable bonds is 3. The third-order valence-corrected chi connectivity index (χ3v) is 4.12. The average Bonchev–Trinajstić information content (AvgIpc) is 3.02. The SMILES string of the molecule is S=c1[nH]nc(-c2ccc(SN3CCCC3)cc2)o1. The number of nitrogens with zero attached hydrogens (tertiary/aromatic N) is 2. The van der Waals surface area contributed by atoms with Crippen LogP contribution in [-0.2, 0) is 0 Å². The molecule has 2 aromatic rings. The molecule has 1 N–H and O–H groups in total. The first-order chi connectivity index (χ1) is 8.81. The molecule has 0 saturated carbocycles. The van der Waals surface area contributed by atoms with Crippen LogP contribution in [0.5, 0.6) is 0 Å². The van der Waals surface area contributed by atoms with Gasteiger partial charge in [-0.25, -0.2) is 9.40 Å². The monoisotopic (exact) mass is 279 g/mol. The Morgan fingerprint density at radius 1 is 1.22 bits per heavy atom. The van der Waals surface area contributed by atoms with Gasteiger partial charge in [0.2, 0.25) is 5.89 Å². The lowest BCUT2D eigenvalue weighted by molar-refractivity contribution is 0.552. The third-order valence-electron chi connectivity index (χ3n) is 2.84. The maximum Gasteiger partial charge on any atom is 0.284 e. The highest BCUT2D eigenvalue weighted by molar-refractivity contribution is 7.97. The molecule has 94 valence electrons. The van der Waals surface area contributed by atoms with Crippen molar-refractivity contribution < 1.29 is 4.42 Å². The maximum absolute atomic E-state index is 5.27. The minimum absolute atomic E-state index is 0.306. The standard InChI is InChI=1S/C12H13N3OS2/c17-12-14-13-11(16-12)9-3-5-10(6-4-9)18-15-7-1-2-8-15/h3-6H,1-2,7-8H2,(H,14,17). The van der Waals surface area contributed by atoms with Crippen molar-refractivity contribution in [1.29, 1.82) is 0 Å². The summed E-state index contributed by atoms with van der Waals surface area (Å²) in [5, 5.41) is 6.63. The molecule has 1 fully saturated rings. The van der Waals surface area contributed by atoms with E-state index in [-0.39, 0.29) is 0 Å². The summed E-state index contributed by atoms with van der Waals surface area (Å²) in [4.78, 5) is 1.55. The molecule has 0 bridgehead atoms. The molecular weight excluding hydrogens is 266 g/mol. The Labute approximate surface area is 115 Å². The largest absolute Gasteiger partial charge is 0.409 e. The van der Waals surface area contributed by atoms with Gasteiger partial charge in [-0.15, -0.1) is 5.10 Å². The van der Waals surface area contributed by atoms with E-state index >= 15 is 0 Å². The number of aromatic amines is 1. The van der Waals surface area contributed by atoms with Gasteiger partial charge in [-0.05, 0) is 61.3 Å². The predicted octanol–water partition coefficient (Wildman–Crippen LogP) is 3.50. The fourth-order valence-corrected chi connectivity index (χ4v) is 3.06. The highest BCUT2D eigenvalue weighted by Gasteiger charge is 2.13. The molecule has 1 saturated heterocycles. The van der Waals surface area contributed by atoms with Crippen molar-refractivity contribution in [2.24, 2.45) is 0 Å². The lowest BCUT2D eigenvalue weighted by atomic mass is 10.2. The van der Waals surface area contributed by atoms with Gasteiger partial charge >= 0.3 is 0 Å². The molecule has 1 aliphatic heterocycles. The fourth-order valence-electron chi connectivity index (χ4n) is 1.94. The molecule has 3 rings (SSSR count). The first-order valence-electron chi connectivity index (χ1n) is 5.90. The fraction of sp³-hybridized carbons (Fsp3) is 0.333. The Bertz CT molecular complexity index is 570. The summed E-state index contributed by atoms with van der Waals surface area (Å²) in [6.07, 6.45) is 2.61. The number of benzene rings is 1. The van der Waals surface area contributed by atoms with E-state index in [1.165, 1.54) is 30.8 Å². The van der Waals surface area contributed by atoms with Crippen molar-refractivity contribution in [3.8, 4) is 11.5 Å².